The predicted octanol–water partition coefficient (Wildman–Crippen LogP) is 4.67. The van der Waals surface area contributed by atoms with E-state index in [4.69, 9.17) is 0 Å². The van der Waals surface area contributed by atoms with Gasteiger partial charge in [-0.25, -0.2) is 4.79 Å². The molecule has 1 atom stereocenters. The van der Waals surface area contributed by atoms with Gasteiger partial charge in [0.25, 0.3) is 0 Å². The first-order chi connectivity index (χ1) is 12.8. The molecule has 4 nitrogen and oxygen atoms in total. The van der Waals surface area contributed by atoms with Crippen LogP contribution in [0, 0.1) is 0 Å². The quantitative estimate of drug-likeness (QED) is 0.692. The molecule has 0 saturated carbocycles. The Morgan fingerprint density at radius 1 is 1.04 bits per heavy atom. The van der Waals surface area contributed by atoms with E-state index in [2.05, 4.69) is 57.3 Å². The highest BCUT2D eigenvalue weighted by atomic mass is 32.1. The number of nitrogens with one attached hydrogen (secondary N) is 2. The number of carbonyl (C=O) groups excluding carboxylic acids is 1. The molecule has 3 aromatic rings. The summed E-state index contributed by atoms with van der Waals surface area (Å²) in [5.74, 6) is 0. The Morgan fingerprint density at radius 3 is 2.65 bits per heavy atom. The number of amides is 2. The summed E-state index contributed by atoms with van der Waals surface area (Å²) in [5, 5.41) is 8.02. The van der Waals surface area contributed by atoms with Crippen LogP contribution in [0.5, 0.6) is 0 Å². The van der Waals surface area contributed by atoms with Gasteiger partial charge in [0.2, 0.25) is 0 Å². The van der Waals surface area contributed by atoms with Crippen molar-refractivity contribution in [3.63, 3.8) is 0 Å². The van der Waals surface area contributed by atoms with Crippen molar-refractivity contribution in [2.24, 2.45) is 0 Å². The van der Waals surface area contributed by atoms with Gasteiger partial charge in [-0.1, -0.05) is 42.5 Å². The minimum absolute atomic E-state index is 0.139. The van der Waals surface area contributed by atoms with Crippen LogP contribution in [0.15, 0.2) is 72.1 Å². The number of rotatable bonds is 5. The van der Waals surface area contributed by atoms with Crippen LogP contribution < -0.4 is 15.5 Å². The number of hydrogen-bond acceptors (Lipinski definition) is 3. The van der Waals surface area contributed by atoms with E-state index in [9.17, 15) is 4.79 Å². The molecule has 1 unspecified atom stereocenters. The molecule has 1 aromatic heterocycles. The summed E-state index contributed by atoms with van der Waals surface area (Å²) >= 11 is 1.73. The van der Waals surface area contributed by atoms with Gasteiger partial charge in [0.1, 0.15) is 0 Å². The van der Waals surface area contributed by atoms with Crippen molar-refractivity contribution in [1.82, 2.24) is 5.32 Å². The third-order valence-corrected chi connectivity index (χ3v) is 5.63. The zero-order valence-corrected chi connectivity index (χ0v) is 15.2. The average molecular weight is 363 g/mol. The summed E-state index contributed by atoms with van der Waals surface area (Å²) in [6.07, 6.45) is 1.05. The summed E-state index contributed by atoms with van der Waals surface area (Å²) in [5.41, 5.74) is 3.45. The number of carbonyl (C=O) groups is 1. The molecule has 0 bridgehead atoms. The second-order valence-corrected chi connectivity index (χ2v) is 7.28. The molecule has 2 aromatic carbocycles. The van der Waals surface area contributed by atoms with Gasteiger partial charge in [0.15, 0.2) is 0 Å². The van der Waals surface area contributed by atoms with Crippen LogP contribution in [0.25, 0.3) is 0 Å². The van der Waals surface area contributed by atoms with Crippen LogP contribution in [0.2, 0.25) is 0 Å². The van der Waals surface area contributed by atoms with Crippen molar-refractivity contribution >= 4 is 28.7 Å². The first-order valence-corrected chi connectivity index (χ1v) is 9.67. The lowest BCUT2D eigenvalue weighted by Gasteiger charge is -2.30. The molecular formula is C21H21N3OS. The van der Waals surface area contributed by atoms with E-state index < -0.39 is 0 Å². The van der Waals surface area contributed by atoms with E-state index >= 15 is 0 Å². The fourth-order valence-corrected chi connectivity index (χ4v) is 4.26. The standard InChI is InChI=1S/C21H21N3OS/c25-21(23-17-8-2-1-3-9-17)22-15-19(20-11-6-14-26-20)24-13-12-16-7-4-5-10-18(16)24/h1-11,14,19H,12-13,15H2,(H2,22,23,25). The van der Waals surface area contributed by atoms with Gasteiger partial charge in [0, 0.05) is 29.3 Å². The Hall–Kier alpha value is -2.79. The summed E-state index contributed by atoms with van der Waals surface area (Å²) in [6, 6.07) is 22.2. The topological polar surface area (TPSA) is 44.4 Å². The molecule has 4 rings (SSSR count). The van der Waals surface area contributed by atoms with Gasteiger partial charge in [-0.05, 0) is 41.6 Å². The number of hydrogen-bond donors (Lipinski definition) is 2. The van der Waals surface area contributed by atoms with Crippen LogP contribution in [0.3, 0.4) is 0 Å². The third kappa shape index (κ3) is 3.58. The summed E-state index contributed by atoms with van der Waals surface area (Å²) in [7, 11) is 0. The molecule has 2 N–H and O–H groups in total. The molecule has 5 heteroatoms. The predicted molar refractivity (Wildman–Crippen MR) is 108 cm³/mol. The Balaban J connectivity index is 1.48. The van der Waals surface area contributed by atoms with Crippen molar-refractivity contribution in [2.45, 2.75) is 12.5 Å². The number of fused-ring (bicyclic) bond motifs is 1. The first kappa shape index (κ1) is 16.7. The zero-order chi connectivity index (χ0) is 17.8. The average Bonchev–Trinajstić information content (AvgIpc) is 3.34. The maximum Gasteiger partial charge on any atom is 0.319 e. The summed E-state index contributed by atoms with van der Waals surface area (Å²) in [6.45, 7) is 1.54. The Kier molecular flexibility index (Phi) is 4.88. The van der Waals surface area contributed by atoms with Crippen LogP contribution in [-0.2, 0) is 6.42 Å². The van der Waals surface area contributed by atoms with Crippen LogP contribution >= 0.6 is 11.3 Å². The molecule has 1 aliphatic rings. The molecule has 26 heavy (non-hydrogen) atoms. The van der Waals surface area contributed by atoms with Crippen LogP contribution in [0.4, 0.5) is 16.2 Å². The fourth-order valence-electron chi connectivity index (χ4n) is 3.42. The van der Waals surface area contributed by atoms with Gasteiger partial charge < -0.3 is 15.5 Å². The largest absolute Gasteiger partial charge is 0.361 e. The van der Waals surface area contributed by atoms with Crippen molar-refractivity contribution in [1.29, 1.82) is 0 Å². The van der Waals surface area contributed by atoms with Gasteiger partial charge in [0.05, 0.1) is 6.04 Å². The van der Waals surface area contributed by atoms with Crippen molar-refractivity contribution in [2.75, 3.05) is 23.3 Å². The molecule has 0 aliphatic carbocycles. The van der Waals surface area contributed by atoms with Crippen molar-refractivity contribution in [3.05, 3.63) is 82.6 Å². The molecule has 1 aliphatic heterocycles. The fraction of sp³-hybridized carbons (Fsp3) is 0.190. The molecule has 132 valence electrons. The van der Waals surface area contributed by atoms with Gasteiger partial charge in [-0.3, -0.25) is 0 Å². The van der Waals surface area contributed by atoms with E-state index in [0.29, 0.717) is 6.54 Å². The maximum absolute atomic E-state index is 12.3. The number of thiophene rings is 1. The minimum Gasteiger partial charge on any atom is -0.361 e. The van der Waals surface area contributed by atoms with E-state index in [1.54, 1.807) is 11.3 Å². The zero-order valence-electron chi connectivity index (χ0n) is 14.4. The lowest BCUT2D eigenvalue weighted by atomic mass is 10.1. The Bertz CT molecular complexity index is 864. The lowest BCUT2D eigenvalue weighted by molar-refractivity contribution is 0.251. The Labute approximate surface area is 157 Å². The monoisotopic (exact) mass is 363 g/mol. The molecule has 2 amide bonds. The minimum atomic E-state index is -0.176. The molecule has 2 heterocycles. The number of para-hydroxylation sites is 2. The Morgan fingerprint density at radius 2 is 1.85 bits per heavy atom. The van der Waals surface area contributed by atoms with Crippen LogP contribution in [-0.4, -0.2) is 19.1 Å². The van der Waals surface area contributed by atoms with E-state index in [1.807, 2.05) is 30.3 Å². The number of nitrogens with zero attached hydrogens (tertiary/aromatic N) is 1. The molecule has 0 spiro atoms. The van der Waals surface area contributed by atoms with Gasteiger partial charge >= 0.3 is 6.03 Å². The molecule has 0 fully saturated rings. The highest BCUT2D eigenvalue weighted by molar-refractivity contribution is 7.10. The normalized spacial score (nSPS) is 13.9. The lowest BCUT2D eigenvalue weighted by Crippen LogP contribution is -2.38. The number of anilines is 2. The van der Waals surface area contributed by atoms with Crippen molar-refractivity contribution in [3.8, 4) is 0 Å². The second kappa shape index (κ2) is 7.62. The SMILES string of the molecule is O=C(NCC(c1cccs1)N1CCc2ccccc21)Nc1ccccc1. The first-order valence-electron chi connectivity index (χ1n) is 8.79. The smallest absolute Gasteiger partial charge is 0.319 e. The highest BCUT2D eigenvalue weighted by Crippen LogP contribution is 2.36. The molecular weight excluding hydrogens is 342 g/mol. The van der Waals surface area contributed by atoms with E-state index in [-0.39, 0.29) is 12.1 Å². The number of benzene rings is 2. The molecule has 0 radical (unpaired) electrons. The third-order valence-electron chi connectivity index (χ3n) is 4.66. The van der Waals surface area contributed by atoms with Gasteiger partial charge in [-0.15, -0.1) is 11.3 Å². The summed E-state index contributed by atoms with van der Waals surface area (Å²) in [4.78, 5) is 16.0. The second-order valence-electron chi connectivity index (χ2n) is 6.30. The van der Waals surface area contributed by atoms with Crippen LogP contribution in [0.1, 0.15) is 16.5 Å². The van der Waals surface area contributed by atoms with E-state index in [0.717, 1.165) is 18.7 Å². The highest BCUT2D eigenvalue weighted by Gasteiger charge is 2.27. The number of urea groups is 1. The van der Waals surface area contributed by atoms with Crippen molar-refractivity contribution < 1.29 is 4.79 Å². The van der Waals surface area contributed by atoms with E-state index in [1.165, 1.54) is 16.1 Å². The maximum atomic E-state index is 12.3. The van der Waals surface area contributed by atoms with Gasteiger partial charge in [-0.2, -0.15) is 0 Å². The summed E-state index contributed by atoms with van der Waals surface area (Å²) < 4.78 is 0. The molecule has 0 saturated heterocycles.